The van der Waals surface area contributed by atoms with E-state index in [9.17, 15) is 0 Å². The summed E-state index contributed by atoms with van der Waals surface area (Å²) >= 11 is 0. The summed E-state index contributed by atoms with van der Waals surface area (Å²) in [6, 6.07) is 0. The molecule has 2 fully saturated rings. The number of ether oxygens (including phenoxy) is 2. The maximum absolute atomic E-state index is 6.08. The molecule has 1 saturated heterocycles. The molecule has 2 unspecified atom stereocenters. The molecule has 1 heterocycles. The third-order valence-corrected chi connectivity index (χ3v) is 4.80. The minimum absolute atomic E-state index is 0.113. The van der Waals surface area contributed by atoms with E-state index in [0.717, 1.165) is 51.5 Å². The van der Waals surface area contributed by atoms with Crippen LogP contribution in [0.5, 0.6) is 0 Å². The molecule has 0 bridgehead atoms. The van der Waals surface area contributed by atoms with E-state index in [-0.39, 0.29) is 5.54 Å². The Hall–Kier alpha value is -0.160. The van der Waals surface area contributed by atoms with Crippen molar-refractivity contribution in [1.82, 2.24) is 4.90 Å². The minimum atomic E-state index is 0.113. The van der Waals surface area contributed by atoms with E-state index >= 15 is 0 Å². The highest BCUT2D eigenvalue weighted by molar-refractivity contribution is 4.95. The largest absolute Gasteiger partial charge is 0.380 e. The van der Waals surface area contributed by atoms with E-state index in [1.54, 1.807) is 0 Å². The van der Waals surface area contributed by atoms with Crippen LogP contribution in [0.1, 0.15) is 39.0 Å². The lowest BCUT2D eigenvalue weighted by atomic mass is 9.84. The van der Waals surface area contributed by atoms with Crippen molar-refractivity contribution in [3.05, 3.63) is 0 Å². The van der Waals surface area contributed by atoms with Gasteiger partial charge in [0, 0.05) is 31.8 Å². The number of rotatable bonds is 8. The fourth-order valence-electron chi connectivity index (χ4n) is 2.92. The fraction of sp³-hybridized carbons (Fsp3) is 1.00. The van der Waals surface area contributed by atoms with Crippen LogP contribution in [0.25, 0.3) is 0 Å². The Labute approximate surface area is 117 Å². The lowest BCUT2D eigenvalue weighted by Gasteiger charge is -2.46. The zero-order chi connectivity index (χ0) is 13.7. The standard InChI is InChI=1S/C15H30N2O2/c1-3-14-10-15(12-16,6-8-19-14)17(2)7-9-18-11-13-4-5-13/h13-14H,3-12,16H2,1-2H3. The van der Waals surface area contributed by atoms with Crippen LogP contribution < -0.4 is 5.73 Å². The van der Waals surface area contributed by atoms with Gasteiger partial charge in [0.2, 0.25) is 0 Å². The number of nitrogens with two attached hydrogens (primary N) is 1. The van der Waals surface area contributed by atoms with Gasteiger partial charge < -0.3 is 15.2 Å². The van der Waals surface area contributed by atoms with Gasteiger partial charge in [0.25, 0.3) is 0 Å². The van der Waals surface area contributed by atoms with Crippen molar-refractivity contribution in [2.24, 2.45) is 11.7 Å². The number of likely N-dealkylation sites (N-methyl/N-ethyl adjacent to an activating group) is 1. The van der Waals surface area contributed by atoms with Crippen LogP contribution in [0.4, 0.5) is 0 Å². The van der Waals surface area contributed by atoms with Crippen molar-refractivity contribution in [2.45, 2.75) is 50.7 Å². The first-order valence-corrected chi connectivity index (χ1v) is 7.81. The summed E-state index contributed by atoms with van der Waals surface area (Å²) in [6.07, 6.45) is 6.26. The van der Waals surface area contributed by atoms with Crippen LogP contribution in [-0.2, 0) is 9.47 Å². The lowest BCUT2D eigenvalue weighted by molar-refractivity contribution is -0.0697. The molecule has 1 aliphatic heterocycles. The molecular weight excluding hydrogens is 240 g/mol. The van der Waals surface area contributed by atoms with Crippen LogP contribution in [0, 0.1) is 5.92 Å². The minimum Gasteiger partial charge on any atom is -0.380 e. The molecule has 2 rings (SSSR count). The van der Waals surface area contributed by atoms with Crippen LogP contribution in [0.2, 0.25) is 0 Å². The topological polar surface area (TPSA) is 47.7 Å². The molecule has 19 heavy (non-hydrogen) atoms. The summed E-state index contributed by atoms with van der Waals surface area (Å²) in [5.74, 6) is 0.848. The predicted molar refractivity (Wildman–Crippen MR) is 77.2 cm³/mol. The molecule has 4 heteroatoms. The molecule has 0 amide bonds. The molecule has 2 aliphatic rings. The van der Waals surface area contributed by atoms with Gasteiger partial charge in [-0.1, -0.05) is 6.92 Å². The molecule has 0 aromatic heterocycles. The second-order valence-electron chi connectivity index (χ2n) is 6.22. The highest BCUT2D eigenvalue weighted by Gasteiger charge is 2.38. The second kappa shape index (κ2) is 7.02. The summed E-state index contributed by atoms with van der Waals surface area (Å²) in [7, 11) is 2.19. The molecule has 0 aromatic rings. The number of hydrogen-bond acceptors (Lipinski definition) is 4. The van der Waals surface area contributed by atoms with Crippen LogP contribution in [0.3, 0.4) is 0 Å². The van der Waals surface area contributed by atoms with Crippen molar-refractivity contribution in [2.75, 3.05) is 40.0 Å². The zero-order valence-corrected chi connectivity index (χ0v) is 12.6. The molecular formula is C15H30N2O2. The van der Waals surface area contributed by atoms with Crippen molar-refractivity contribution in [1.29, 1.82) is 0 Å². The van der Waals surface area contributed by atoms with E-state index in [4.69, 9.17) is 15.2 Å². The summed E-state index contributed by atoms with van der Waals surface area (Å²) in [4.78, 5) is 2.41. The first-order valence-electron chi connectivity index (χ1n) is 7.81. The molecule has 2 N–H and O–H groups in total. The molecule has 112 valence electrons. The number of nitrogens with zero attached hydrogens (tertiary/aromatic N) is 1. The summed E-state index contributed by atoms with van der Waals surface area (Å²) < 4.78 is 11.5. The Balaban J connectivity index is 1.76. The van der Waals surface area contributed by atoms with Crippen LogP contribution >= 0.6 is 0 Å². The molecule has 4 nitrogen and oxygen atoms in total. The highest BCUT2D eigenvalue weighted by atomic mass is 16.5. The van der Waals surface area contributed by atoms with E-state index < -0.39 is 0 Å². The Morgan fingerprint density at radius 3 is 2.84 bits per heavy atom. The van der Waals surface area contributed by atoms with Gasteiger partial charge in [-0.3, -0.25) is 4.90 Å². The van der Waals surface area contributed by atoms with E-state index in [0.29, 0.717) is 12.6 Å². The van der Waals surface area contributed by atoms with Gasteiger partial charge in [-0.25, -0.2) is 0 Å². The van der Waals surface area contributed by atoms with E-state index in [2.05, 4.69) is 18.9 Å². The molecule has 2 atom stereocenters. The Kier molecular flexibility index (Phi) is 5.63. The van der Waals surface area contributed by atoms with Gasteiger partial charge in [0.15, 0.2) is 0 Å². The second-order valence-corrected chi connectivity index (χ2v) is 6.22. The van der Waals surface area contributed by atoms with E-state index in [1.165, 1.54) is 12.8 Å². The van der Waals surface area contributed by atoms with Crippen LogP contribution in [0.15, 0.2) is 0 Å². The molecule has 1 aliphatic carbocycles. The maximum Gasteiger partial charge on any atom is 0.0593 e. The van der Waals surface area contributed by atoms with Gasteiger partial charge in [0.1, 0.15) is 0 Å². The maximum atomic E-state index is 6.08. The molecule has 0 aromatic carbocycles. The molecule has 0 radical (unpaired) electrons. The zero-order valence-electron chi connectivity index (χ0n) is 12.6. The summed E-state index contributed by atoms with van der Waals surface area (Å²) in [6.45, 7) is 6.49. The predicted octanol–water partition coefficient (Wildman–Crippen LogP) is 1.63. The van der Waals surface area contributed by atoms with Gasteiger partial charge in [-0.05, 0) is 45.1 Å². The van der Waals surface area contributed by atoms with Crippen LogP contribution in [-0.4, -0.2) is 56.5 Å². The summed E-state index contributed by atoms with van der Waals surface area (Å²) in [5, 5.41) is 0. The lowest BCUT2D eigenvalue weighted by Crippen LogP contribution is -2.57. The van der Waals surface area contributed by atoms with E-state index in [1.807, 2.05) is 0 Å². The first-order chi connectivity index (χ1) is 9.20. The third-order valence-electron chi connectivity index (χ3n) is 4.80. The average molecular weight is 270 g/mol. The Morgan fingerprint density at radius 2 is 2.21 bits per heavy atom. The molecule has 0 spiro atoms. The van der Waals surface area contributed by atoms with Gasteiger partial charge in [-0.15, -0.1) is 0 Å². The third kappa shape index (κ3) is 4.15. The Morgan fingerprint density at radius 1 is 1.42 bits per heavy atom. The SMILES string of the molecule is CCC1CC(CN)(N(C)CCOCC2CC2)CCO1. The first kappa shape index (κ1) is 15.2. The smallest absolute Gasteiger partial charge is 0.0593 e. The van der Waals surface area contributed by atoms with Gasteiger partial charge in [0.05, 0.1) is 12.7 Å². The average Bonchev–Trinajstić information content (AvgIpc) is 3.27. The quantitative estimate of drug-likeness (QED) is 0.681. The van der Waals surface area contributed by atoms with Crippen molar-refractivity contribution >= 4 is 0 Å². The highest BCUT2D eigenvalue weighted by Crippen LogP contribution is 2.31. The Bertz CT molecular complexity index is 271. The fourth-order valence-corrected chi connectivity index (χ4v) is 2.92. The van der Waals surface area contributed by atoms with Crippen molar-refractivity contribution < 1.29 is 9.47 Å². The van der Waals surface area contributed by atoms with Gasteiger partial charge >= 0.3 is 0 Å². The normalized spacial score (nSPS) is 31.9. The van der Waals surface area contributed by atoms with Crippen molar-refractivity contribution in [3.63, 3.8) is 0 Å². The monoisotopic (exact) mass is 270 g/mol. The number of hydrogen-bond donors (Lipinski definition) is 1. The molecule has 1 saturated carbocycles. The van der Waals surface area contributed by atoms with Gasteiger partial charge in [-0.2, -0.15) is 0 Å². The summed E-state index contributed by atoms with van der Waals surface area (Å²) in [5.41, 5.74) is 6.19. The van der Waals surface area contributed by atoms with Crippen molar-refractivity contribution in [3.8, 4) is 0 Å².